The molecule has 0 atom stereocenters. The molecule has 8 heteroatoms. The summed E-state index contributed by atoms with van der Waals surface area (Å²) < 4.78 is 6.39. The van der Waals surface area contributed by atoms with Gasteiger partial charge in [0.2, 0.25) is 0 Å². The molecule has 2 aromatic rings. The van der Waals surface area contributed by atoms with E-state index >= 15 is 0 Å². The number of piperazine rings is 1. The number of nitrogens with zero attached hydrogens (tertiary/aromatic N) is 5. The number of carbonyl (C=O) groups excluding carboxylic acids is 1. The molecule has 0 bridgehead atoms. The van der Waals surface area contributed by atoms with Crippen LogP contribution in [-0.2, 0) is 4.74 Å². The minimum atomic E-state index is 0.0823. The third-order valence-electron chi connectivity index (χ3n) is 4.96. The van der Waals surface area contributed by atoms with Gasteiger partial charge in [-0.3, -0.25) is 4.79 Å². The van der Waals surface area contributed by atoms with Gasteiger partial charge in [-0.1, -0.05) is 15.9 Å². The quantitative estimate of drug-likeness (QED) is 0.740. The van der Waals surface area contributed by atoms with Crippen molar-refractivity contribution < 1.29 is 9.53 Å². The number of hydrogen-bond donors (Lipinski definition) is 0. The first-order valence-electron chi connectivity index (χ1n) is 9.15. The van der Waals surface area contributed by atoms with Crippen LogP contribution >= 0.6 is 15.9 Å². The first-order chi connectivity index (χ1) is 13.2. The number of aromatic nitrogens is 2. The summed E-state index contributed by atoms with van der Waals surface area (Å²) in [5.74, 6) is 1.94. The topological polar surface area (TPSA) is 61.8 Å². The Morgan fingerprint density at radius 1 is 0.889 bits per heavy atom. The molecule has 0 N–H and O–H groups in total. The molecule has 1 aromatic heterocycles. The van der Waals surface area contributed by atoms with Crippen molar-refractivity contribution in [1.82, 2.24) is 14.9 Å². The number of anilines is 2. The summed E-state index contributed by atoms with van der Waals surface area (Å²) in [6.45, 7) is 6.07. The standard InChI is InChI=1S/C19H22BrN5O2/c20-16-3-1-15(2-4-16)19(26)25-7-5-23(6-8-25)17-13-18(22-14-21-17)24-9-11-27-12-10-24/h1-4,13-14H,5-12H2. The van der Waals surface area contributed by atoms with E-state index in [1.807, 2.05) is 35.2 Å². The maximum Gasteiger partial charge on any atom is 0.253 e. The first kappa shape index (κ1) is 18.2. The number of rotatable bonds is 3. The van der Waals surface area contributed by atoms with Crippen LogP contribution < -0.4 is 9.80 Å². The van der Waals surface area contributed by atoms with Crippen LogP contribution in [0.5, 0.6) is 0 Å². The van der Waals surface area contributed by atoms with Crippen molar-refractivity contribution in [2.75, 3.05) is 62.3 Å². The molecule has 2 aliphatic rings. The number of benzene rings is 1. The van der Waals surface area contributed by atoms with Gasteiger partial charge in [0, 0.05) is 55.4 Å². The van der Waals surface area contributed by atoms with Gasteiger partial charge in [-0.2, -0.15) is 0 Å². The van der Waals surface area contributed by atoms with Gasteiger partial charge in [0.15, 0.2) is 0 Å². The lowest BCUT2D eigenvalue weighted by Gasteiger charge is -2.36. The minimum absolute atomic E-state index is 0.0823. The van der Waals surface area contributed by atoms with Gasteiger partial charge >= 0.3 is 0 Å². The highest BCUT2D eigenvalue weighted by Gasteiger charge is 2.23. The summed E-state index contributed by atoms with van der Waals surface area (Å²) in [5, 5.41) is 0. The molecule has 0 radical (unpaired) electrons. The van der Waals surface area contributed by atoms with Gasteiger partial charge in [-0.25, -0.2) is 9.97 Å². The summed E-state index contributed by atoms with van der Waals surface area (Å²) in [5.41, 5.74) is 0.725. The van der Waals surface area contributed by atoms with Crippen molar-refractivity contribution >= 4 is 33.5 Å². The molecule has 1 amide bonds. The zero-order valence-corrected chi connectivity index (χ0v) is 16.6. The summed E-state index contributed by atoms with van der Waals surface area (Å²) in [4.78, 5) is 27.9. The summed E-state index contributed by atoms with van der Waals surface area (Å²) in [6.07, 6.45) is 1.62. The van der Waals surface area contributed by atoms with Gasteiger partial charge in [0.25, 0.3) is 5.91 Å². The van der Waals surface area contributed by atoms with Gasteiger partial charge in [0.1, 0.15) is 18.0 Å². The predicted octanol–water partition coefficient (Wildman–Crippen LogP) is 2.04. The van der Waals surface area contributed by atoms with E-state index in [1.54, 1.807) is 6.33 Å². The van der Waals surface area contributed by atoms with Gasteiger partial charge in [0.05, 0.1) is 13.2 Å². The van der Waals surface area contributed by atoms with Crippen LogP contribution in [0.15, 0.2) is 41.1 Å². The minimum Gasteiger partial charge on any atom is -0.378 e. The number of morpholine rings is 1. The second kappa shape index (κ2) is 8.22. The number of amides is 1. The zero-order chi connectivity index (χ0) is 18.6. The summed E-state index contributed by atoms with van der Waals surface area (Å²) in [7, 11) is 0. The van der Waals surface area contributed by atoms with E-state index in [-0.39, 0.29) is 5.91 Å². The predicted molar refractivity (Wildman–Crippen MR) is 107 cm³/mol. The Hall–Kier alpha value is -2.19. The fourth-order valence-electron chi connectivity index (χ4n) is 3.39. The molecule has 142 valence electrons. The molecule has 4 rings (SSSR count). The number of ether oxygens (including phenoxy) is 1. The average Bonchev–Trinajstić information content (AvgIpc) is 2.75. The number of halogens is 1. The van der Waals surface area contributed by atoms with Gasteiger partial charge in [-0.05, 0) is 24.3 Å². The lowest BCUT2D eigenvalue weighted by Crippen LogP contribution is -2.49. The van der Waals surface area contributed by atoms with E-state index in [9.17, 15) is 4.79 Å². The Balaban J connectivity index is 1.39. The Labute approximate surface area is 167 Å². The molecular formula is C19H22BrN5O2. The van der Waals surface area contributed by atoms with Crippen molar-refractivity contribution in [1.29, 1.82) is 0 Å². The zero-order valence-electron chi connectivity index (χ0n) is 15.1. The molecule has 0 saturated carbocycles. The van der Waals surface area contributed by atoms with Crippen molar-refractivity contribution in [3.05, 3.63) is 46.7 Å². The molecule has 7 nitrogen and oxygen atoms in total. The first-order valence-corrected chi connectivity index (χ1v) is 9.94. The van der Waals surface area contributed by atoms with Crippen LogP contribution in [0, 0.1) is 0 Å². The summed E-state index contributed by atoms with van der Waals surface area (Å²) >= 11 is 3.40. The van der Waals surface area contributed by atoms with Crippen LogP contribution in [0.4, 0.5) is 11.6 Å². The number of carbonyl (C=O) groups is 1. The monoisotopic (exact) mass is 431 g/mol. The fraction of sp³-hybridized carbons (Fsp3) is 0.421. The third kappa shape index (κ3) is 4.22. The highest BCUT2D eigenvalue weighted by atomic mass is 79.9. The maximum atomic E-state index is 12.7. The largest absolute Gasteiger partial charge is 0.378 e. The van der Waals surface area contributed by atoms with E-state index in [0.717, 1.165) is 61.1 Å². The second-order valence-electron chi connectivity index (χ2n) is 6.62. The van der Waals surface area contributed by atoms with Crippen molar-refractivity contribution in [2.45, 2.75) is 0 Å². The highest BCUT2D eigenvalue weighted by Crippen LogP contribution is 2.20. The van der Waals surface area contributed by atoms with Crippen LogP contribution in [0.2, 0.25) is 0 Å². The van der Waals surface area contributed by atoms with Crippen molar-refractivity contribution in [3.8, 4) is 0 Å². The normalized spacial score (nSPS) is 17.9. The average molecular weight is 432 g/mol. The Morgan fingerprint density at radius 3 is 2.11 bits per heavy atom. The molecule has 2 saturated heterocycles. The van der Waals surface area contributed by atoms with E-state index in [1.165, 1.54) is 0 Å². The lowest BCUT2D eigenvalue weighted by atomic mass is 10.2. The molecule has 3 heterocycles. The molecule has 0 aliphatic carbocycles. The molecule has 2 aliphatic heterocycles. The maximum absolute atomic E-state index is 12.7. The molecule has 27 heavy (non-hydrogen) atoms. The van der Waals surface area contributed by atoms with E-state index < -0.39 is 0 Å². The Morgan fingerprint density at radius 2 is 1.48 bits per heavy atom. The Bertz CT molecular complexity index is 787. The fourth-order valence-corrected chi connectivity index (χ4v) is 3.65. The molecule has 0 spiro atoms. The third-order valence-corrected chi connectivity index (χ3v) is 5.48. The number of hydrogen-bond acceptors (Lipinski definition) is 6. The van der Waals surface area contributed by atoms with Crippen LogP contribution in [0.25, 0.3) is 0 Å². The smallest absolute Gasteiger partial charge is 0.253 e. The van der Waals surface area contributed by atoms with E-state index in [2.05, 4.69) is 35.7 Å². The van der Waals surface area contributed by atoms with Crippen molar-refractivity contribution in [2.24, 2.45) is 0 Å². The highest BCUT2D eigenvalue weighted by molar-refractivity contribution is 9.10. The van der Waals surface area contributed by atoms with E-state index in [0.29, 0.717) is 13.1 Å². The van der Waals surface area contributed by atoms with Crippen LogP contribution in [0.1, 0.15) is 10.4 Å². The second-order valence-corrected chi connectivity index (χ2v) is 7.54. The molecular weight excluding hydrogens is 410 g/mol. The molecule has 1 aromatic carbocycles. The lowest BCUT2D eigenvalue weighted by molar-refractivity contribution is 0.0746. The molecule has 0 unspecified atom stereocenters. The van der Waals surface area contributed by atoms with Crippen LogP contribution in [-0.4, -0.2) is 73.3 Å². The van der Waals surface area contributed by atoms with E-state index in [4.69, 9.17) is 4.74 Å². The SMILES string of the molecule is O=C(c1ccc(Br)cc1)N1CCN(c2cc(N3CCOCC3)ncn2)CC1. The van der Waals surface area contributed by atoms with Gasteiger partial charge in [-0.15, -0.1) is 0 Å². The molecule has 2 fully saturated rings. The van der Waals surface area contributed by atoms with Crippen LogP contribution in [0.3, 0.4) is 0 Å². The van der Waals surface area contributed by atoms with Gasteiger partial charge < -0.3 is 19.4 Å². The van der Waals surface area contributed by atoms with Crippen molar-refractivity contribution in [3.63, 3.8) is 0 Å². The summed E-state index contributed by atoms with van der Waals surface area (Å²) in [6, 6.07) is 9.56. The Kier molecular flexibility index (Phi) is 5.54.